The molecule has 2 unspecified atom stereocenters. The van der Waals surface area contributed by atoms with E-state index in [4.69, 9.17) is 4.98 Å². The summed E-state index contributed by atoms with van der Waals surface area (Å²) in [7, 11) is 2.05. The summed E-state index contributed by atoms with van der Waals surface area (Å²) in [6.07, 6.45) is 5.00. The topological polar surface area (TPSA) is 65.5 Å². The summed E-state index contributed by atoms with van der Waals surface area (Å²) in [5.41, 5.74) is 0.304. The van der Waals surface area contributed by atoms with Gasteiger partial charge in [0.25, 0.3) is 0 Å². The van der Waals surface area contributed by atoms with Gasteiger partial charge in [0.05, 0.1) is 17.3 Å². The van der Waals surface area contributed by atoms with Crippen LogP contribution in [0, 0.1) is 11.8 Å². The zero-order valence-electron chi connectivity index (χ0n) is 16.9. The van der Waals surface area contributed by atoms with Crippen LogP contribution in [0.5, 0.6) is 0 Å². The fourth-order valence-electron chi connectivity index (χ4n) is 3.49. The van der Waals surface area contributed by atoms with E-state index in [1.54, 1.807) is 11.3 Å². The van der Waals surface area contributed by atoms with Crippen LogP contribution in [-0.4, -0.2) is 35.2 Å². The van der Waals surface area contributed by atoms with Gasteiger partial charge in [-0.1, -0.05) is 20.8 Å². The van der Waals surface area contributed by atoms with Crippen molar-refractivity contribution in [2.45, 2.75) is 77.9 Å². The predicted octanol–water partition coefficient (Wildman–Crippen LogP) is 4.13. The molecule has 2 N–H and O–H groups in total. The molecule has 1 aliphatic heterocycles. The molecule has 1 aromatic heterocycles. The quantitative estimate of drug-likeness (QED) is 0.808. The van der Waals surface area contributed by atoms with Crippen LogP contribution in [0.3, 0.4) is 0 Å². The molecule has 0 aliphatic carbocycles. The van der Waals surface area contributed by atoms with Crippen molar-refractivity contribution in [3.8, 4) is 0 Å². The number of aliphatic hydroxyl groups is 1. The number of carbonyl (C=O) groups excluding carboxylic acids is 1. The molecular weight excluding hydrogens is 346 g/mol. The number of carbonyl (C=O) groups is 1. The molecule has 0 saturated heterocycles. The molecule has 3 atom stereocenters. The Morgan fingerprint density at radius 2 is 2.12 bits per heavy atom. The minimum Gasteiger partial charge on any atom is -0.390 e. The van der Waals surface area contributed by atoms with Gasteiger partial charge in [0.2, 0.25) is 5.91 Å². The van der Waals surface area contributed by atoms with E-state index in [0.29, 0.717) is 5.92 Å². The van der Waals surface area contributed by atoms with Gasteiger partial charge in [-0.05, 0) is 51.4 Å². The highest BCUT2D eigenvalue weighted by atomic mass is 32.1. The van der Waals surface area contributed by atoms with Crippen molar-refractivity contribution in [3.05, 3.63) is 11.1 Å². The molecule has 5 nitrogen and oxygen atoms in total. The molecule has 2 bridgehead atoms. The largest absolute Gasteiger partial charge is 0.390 e. The second kappa shape index (κ2) is 9.18. The van der Waals surface area contributed by atoms with Crippen molar-refractivity contribution in [2.75, 3.05) is 18.5 Å². The Kier molecular flexibility index (Phi) is 7.47. The summed E-state index contributed by atoms with van der Waals surface area (Å²) < 4.78 is 0. The Morgan fingerprint density at radius 3 is 2.81 bits per heavy atom. The van der Waals surface area contributed by atoms with Gasteiger partial charge in [0.1, 0.15) is 0 Å². The number of nitrogens with one attached hydrogen (secondary N) is 1. The van der Waals surface area contributed by atoms with E-state index < -0.39 is 5.60 Å². The summed E-state index contributed by atoms with van der Waals surface area (Å²) in [6, 6.07) is -0.0309. The summed E-state index contributed by atoms with van der Waals surface area (Å²) >= 11 is 1.63. The molecule has 0 spiro atoms. The second-order valence-electron chi connectivity index (χ2n) is 8.56. The number of thiazole rings is 1. The van der Waals surface area contributed by atoms with E-state index in [1.807, 2.05) is 20.9 Å². The van der Waals surface area contributed by atoms with Crippen LogP contribution >= 0.6 is 11.3 Å². The Bertz CT molecular complexity index is 585. The van der Waals surface area contributed by atoms with Crippen LogP contribution < -0.4 is 10.2 Å². The maximum Gasteiger partial charge on any atom is 0.223 e. The Hall–Kier alpha value is -1.14. The highest BCUT2D eigenvalue weighted by Gasteiger charge is 2.25. The molecule has 0 saturated carbocycles. The van der Waals surface area contributed by atoms with Crippen molar-refractivity contribution in [2.24, 2.45) is 11.8 Å². The first kappa shape index (κ1) is 21.2. The van der Waals surface area contributed by atoms with E-state index in [-0.39, 0.29) is 17.9 Å². The normalized spacial score (nSPS) is 29.2. The molecule has 2 heterocycles. The van der Waals surface area contributed by atoms with Crippen molar-refractivity contribution in [1.82, 2.24) is 10.3 Å². The van der Waals surface area contributed by atoms with Gasteiger partial charge in [0.15, 0.2) is 5.13 Å². The summed E-state index contributed by atoms with van der Waals surface area (Å²) in [4.78, 5) is 19.6. The standard InChI is InChI=1S/C20H35N3O2S/c1-14(2)12-16-17-13-26-19(22-17)23(5)11-7-10-20(4,25)9-6-8-15(3)18(24)21-16/h13-16,25H,6-12H2,1-5H3,(H,21,24)/t15?,16?,20-/m0/s1. The molecule has 6 heteroatoms. The lowest BCUT2D eigenvalue weighted by atomic mass is 9.91. The third-order valence-electron chi connectivity index (χ3n) is 5.23. The van der Waals surface area contributed by atoms with Gasteiger partial charge < -0.3 is 15.3 Å². The first-order chi connectivity index (χ1) is 12.2. The molecule has 1 aliphatic rings. The Balaban J connectivity index is 2.22. The van der Waals surface area contributed by atoms with Crippen molar-refractivity contribution in [3.63, 3.8) is 0 Å². The number of rotatable bonds is 2. The molecule has 0 fully saturated rings. The minimum atomic E-state index is -0.661. The molecular formula is C20H35N3O2S. The molecule has 2 rings (SSSR count). The highest BCUT2D eigenvalue weighted by molar-refractivity contribution is 7.13. The van der Waals surface area contributed by atoms with E-state index in [0.717, 1.165) is 55.9 Å². The maximum absolute atomic E-state index is 12.7. The van der Waals surface area contributed by atoms with Crippen LogP contribution in [-0.2, 0) is 4.79 Å². The first-order valence-corrected chi connectivity index (χ1v) is 10.8. The maximum atomic E-state index is 12.7. The lowest BCUT2D eigenvalue weighted by Gasteiger charge is -2.25. The van der Waals surface area contributed by atoms with E-state index in [1.165, 1.54) is 0 Å². The third-order valence-corrected chi connectivity index (χ3v) is 6.20. The third kappa shape index (κ3) is 6.23. The van der Waals surface area contributed by atoms with Crippen LogP contribution in [0.1, 0.15) is 78.0 Å². The zero-order chi connectivity index (χ0) is 19.3. The number of hydrogen-bond donors (Lipinski definition) is 2. The minimum absolute atomic E-state index is 0.0309. The smallest absolute Gasteiger partial charge is 0.223 e. The Labute approximate surface area is 162 Å². The van der Waals surface area contributed by atoms with Crippen LogP contribution in [0.2, 0.25) is 0 Å². The van der Waals surface area contributed by atoms with Crippen LogP contribution in [0.4, 0.5) is 5.13 Å². The molecule has 1 aromatic rings. The number of hydrogen-bond acceptors (Lipinski definition) is 5. The zero-order valence-corrected chi connectivity index (χ0v) is 17.7. The lowest BCUT2D eigenvalue weighted by molar-refractivity contribution is -0.125. The van der Waals surface area contributed by atoms with Gasteiger partial charge in [-0.15, -0.1) is 11.3 Å². The van der Waals surface area contributed by atoms with Gasteiger partial charge in [-0.2, -0.15) is 0 Å². The summed E-state index contributed by atoms with van der Waals surface area (Å²) in [5.74, 6) is 0.523. The molecule has 1 amide bonds. The molecule has 0 aromatic carbocycles. The Morgan fingerprint density at radius 1 is 1.42 bits per heavy atom. The number of nitrogens with zero attached hydrogens (tertiary/aromatic N) is 2. The number of amides is 1. The second-order valence-corrected chi connectivity index (χ2v) is 9.40. The summed E-state index contributed by atoms with van der Waals surface area (Å²) in [5, 5.41) is 16.9. The fraction of sp³-hybridized carbons (Fsp3) is 0.800. The number of fused-ring (bicyclic) bond motifs is 2. The first-order valence-electron chi connectivity index (χ1n) is 9.87. The van der Waals surface area contributed by atoms with Gasteiger partial charge in [-0.25, -0.2) is 4.98 Å². The average Bonchev–Trinajstić information content (AvgIpc) is 3.02. The molecule has 0 radical (unpaired) electrons. The fourth-order valence-corrected chi connectivity index (χ4v) is 4.36. The lowest BCUT2D eigenvalue weighted by Crippen LogP contribution is -2.34. The average molecular weight is 382 g/mol. The van der Waals surface area contributed by atoms with E-state index >= 15 is 0 Å². The van der Waals surface area contributed by atoms with Crippen molar-refractivity contribution in [1.29, 1.82) is 0 Å². The van der Waals surface area contributed by atoms with Gasteiger partial charge in [0, 0.05) is 24.9 Å². The van der Waals surface area contributed by atoms with Crippen molar-refractivity contribution < 1.29 is 9.90 Å². The SMILES string of the molecule is CC(C)CC1NC(=O)C(C)CCC[C@](C)(O)CCCN(C)c2nc1cs2. The van der Waals surface area contributed by atoms with Crippen LogP contribution in [0.15, 0.2) is 5.38 Å². The number of anilines is 1. The molecule has 26 heavy (non-hydrogen) atoms. The van der Waals surface area contributed by atoms with Gasteiger partial charge >= 0.3 is 0 Å². The molecule has 148 valence electrons. The van der Waals surface area contributed by atoms with Crippen LogP contribution in [0.25, 0.3) is 0 Å². The number of aromatic nitrogens is 1. The van der Waals surface area contributed by atoms with Gasteiger partial charge in [-0.3, -0.25) is 4.79 Å². The van der Waals surface area contributed by atoms with E-state index in [2.05, 4.69) is 29.4 Å². The highest BCUT2D eigenvalue weighted by Crippen LogP contribution is 2.29. The van der Waals surface area contributed by atoms with E-state index in [9.17, 15) is 9.90 Å². The predicted molar refractivity (Wildman–Crippen MR) is 109 cm³/mol. The summed E-state index contributed by atoms with van der Waals surface area (Å²) in [6.45, 7) is 9.12. The van der Waals surface area contributed by atoms with Crippen molar-refractivity contribution >= 4 is 22.4 Å². The monoisotopic (exact) mass is 381 g/mol.